The van der Waals surface area contributed by atoms with Crippen LogP contribution in [0.5, 0.6) is 0 Å². The van der Waals surface area contributed by atoms with Crippen molar-refractivity contribution in [2.24, 2.45) is 0 Å². The second kappa shape index (κ2) is 4.78. The first-order valence-corrected chi connectivity index (χ1v) is 7.16. The molecule has 1 aliphatic rings. The maximum Gasteiger partial charge on any atom is 0.157 e. The lowest BCUT2D eigenvalue weighted by atomic mass is 10.1. The Morgan fingerprint density at radius 3 is 2.77 bits per heavy atom. The number of anilines is 1. The minimum Gasteiger partial charge on any atom is -0.391 e. The summed E-state index contributed by atoms with van der Waals surface area (Å²) in [5, 5.41) is 13.7. The van der Waals surface area contributed by atoms with Crippen molar-refractivity contribution in [3.8, 4) is 0 Å². The summed E-state index contributed by atoms with van der Waals surface area (Å²) in [6.07, 6.45) is 2.56. The third-order valence-corrected chi connectivity index (χ3v) is 4.26. The molecule has 0 amide bonds. The smallest absolute Gasteiger partial charge is 0.157 e. The summed E-state index contributed by atoms with van der Waals surface area (Å²) < 4.78 is 14.6. The molecule has 112 valence electrons. The number of benzene rings is 1. The summed E-state index contributed by atoms with van der Waals surface area (Å²) in [5.41, 5.74) is 9.28. The second-order valence-electron chi connectivity index (χ2n) is 5.67. The summed E-state index contributed by atoms with van der Waals surface area (Å²) >= 11 is 0. The largest absolute Gasteiger partial charge is 0.391 e. The fourth-order valence-corrected chi connectivity index (χ4v) is 2.91. The van der Waals surface area contributed by atoms with Gasteiger partial charge in [0.25, 0.3) is 0 Å². The Kier molecular flexibility index (Phi) is 2.87. The average molecular weight is 298 g/mol. The molecule has 3 N–H and O–H groups in total. The van der Waals surface area contributed by atoms with Gasteiger partial charge in [-0.05, 0) is 30.0 Å². The molecule has 0 radical (unpaired) electrons. The Bertz CT molecular complexity index is 843. The van der Waals surface area contributed by atoms with Gasteiger partial charge in [0, 0.05) is 23.7 Å². The third kappa shape index (κ3) is 2.03. The molecule has 0 spiro atoms. The molecule has 1 saturated carbocycles. The van der Waals surface area contributed by atoms with E-state index in [0.29, 0.717) is 28.9 Å². The van der Waals surface area contributed by atoms with Gasteiger partial charge in [-0.2, -0.15) is 9.61 Å². The van der Waals surface area contributed by atoms with Gasteiger partial charge in [-0.3, -0.25) is 0 Å². The lowest BCUT2D eigenvalue weighted by Crippen LogP contribution is -2.05. The van der Waals surface area contributed by atoms with Gasteiger partial charge in [-0.15, -0.1) is 0 Å². The Balaban J connectivity index is 1.66. The normalized spacial score (nSPS) is 20.5. The highest BCUT2D eigenvalue weighted by atomic mass is 19.1. The third-order valence-electron chi connectivity index (χ3n) is 4.26. The number of rotatable bonds is 3. The van der Waals surface area contributed by atoms with Gasteiger partial charge in [0.15, 0.2) is 5.65 Å². The molecule has 2 atom stereocenters. The molecular formula is C16H15FN4O. The summed E-state index contributed by atoms with van der Waals surface area (Å²) in [6, 6.07) is 8.55. The van der Waals surface area contributed by atoms with Crippen LogP contribution in [0.4, 0.5) is 10.2 Å². The van der Waals surface area contributed by atoms with Crippen LogP contribution in [-0.4, -0.2) is 19.7 Å². The van der Waals surface area contributed by atoms with Crippen LogP contribution in [0, 0.1) is 5.82 Å². The molecule has 3 aromatic rings. The predicted molar refractivity (Wildman–Crippen MR) is 79.8 cm³/mol. The standard InChI is InChI=1S/C16H15FN4O/c17-11-3-1-9(2-4-11)12-5-13(12)14-6-15-19-7-10(8-22)16(18)21(15)20-14/h1-4,6-7,12-13,22H,5,8,18H2. The topological polar surface area (TPSA) is 76.4 Å². The molecule has 0 bridgehead atoms. The Labute approximate surface area is 126 Å². The fraction of sp³-hybridized carbons (Fsp3) is 0.250. The monoisotopic (exact) mass is 298 g/mol. The van der Waals surface area contributed by atoms with Crippen LogP contribution in [0.2, 0.25) is 0 Å². The van der Waals surface area contributed by atoms with Crippen molar-refractivity contribution >= 4 is 11.5 Å². The van der Waals surface area contributed by atoms with E-state index in [2.05, 4.69) is 10.1 Å². The first-order chi connectivity index (χ1) is 10.7. The number of hydrogen-bond acceptors (Lipinski definition) is 4. The van der Waals surface area contributed by atoms with Gasteiger partial charge in [0.05, 0.1) is 12.3 Å². The van der Waals surface area contributed by atoms with E-state index in [1.54, 1.807) is 10.7 Å². The van der Waals surface area contributed by atoms with Crippen molar-refractivity contribution in [3.63, 3.8) is 0 Å². The van der Waals surface area contributed by atoms with Crippen LogP contribution in [0.25, 0.3) is 5.65 Å². The van der Waals surface area contributed by atoms with E-state index in [9.17, 15) is 9.50 Å². The highest BCUT2D eigenvalue weighted by Crippen LogP contribution is 2.54. The molecule has 6 heteroatoms. The summed E-state index contributed by atoms with van der Waals surface area (Å²) in [4.78, 5) is 4.26. The first-order valence-electron chi connectivity index (χ1n) is 7.16. The molecule has 1 fully saturated rings. The van der Waals surface area contributed by atoms with Crippen molar-refractivity contribution in [2.45, 2.75) is 24.9 Å². The Morgan fingerprint density at radius 2 is 2.05 bits per heavy atom. The summed E-state index contributed by atoms with van der Waals surface area (Å²) in [7, 11) is 0. The molecule has 0 aliphatic heterocycles. The lowest BCUT2D eigenvalue weighted by molar-refractivity contribution is 0.281. The molecular weight excluding hydrogens is 283 g/mol. The number of fused-ring (bicyclic) bond motifs is 1. The second-order valence-corrected chi connectivity index (χ2v) is 5.67. The van der Waals surface area contributed by atoms with E-state index < -0.39 is 0 Å². The first kappa shape index (κ1) is 13.2. The number of nitrogens with zero attached hydrogens (tertiary/aromatic N) is 3. The van der Waals surface area contributed by atoms with Crippen molar-refractivity contribution in [1.82, 2.24) is 14.6 Å². The molecule has 1 aromatic carbocycles. The number of hydrogen-bond donors (Lipinski definition) is 2. The van der Waals surface area contributed by atoms with Gasteiger partial charge in [0.2, 0.25) is 0 Å². The van der Waals surface area contributed by atoms with Crippen LogP contribution in [-0.2, 0) is 6.61 Å². The maximum atomic E-state index is 13.0. The highest BCUT2D eigenvalue weighted by Gasteiger charge is 2.41. The van der Waals surface area contributed by atoms with Gasteiger partial charge in [-0.25, -0.2) is 9.37 Å². The van der Waals surface area contributed by atoms with Gasteiger partial charge < -0.3 is 10.8 Å². The summed E-state index contributed by atoms with van der Waals surface area (Å²) in [6.45, 7) is -0.161. The highest BCUT2D eigenvalue weighted by molar-refractivity contribution is 5.52. The molecule has 2 aromatic heterocycles. The number of aromatic nitrogens is 3. The Hall–Kier alpha value is -2.47. The van der Waals surface area contributed by atoms with Crippen LogP contribution in [0.15, 0.2) is 36.5 Å². The van der Waals surface area contributed by atoms with Gasteiger partial charge in [-0.1, -0.05) is 12.1 Å². The summed E-state index contributed by atoms with van der Waals surface area (Å²) in [5.74, 6) is 0.869. The number of aliphatic hydroxyl groups excluding tert-OH is 1. The van der Waals surface area contributed by atoms with E-state index in [1.807, 2.05) is 18.2 Å². The van der Waals surface area contributed by atoms with E-state index in [4.69, 9.17) is 5.73 Å². The van der Waals surface area contributed by atoms with E-state index in [-0.39, 0.29) is 12.4 Å². The van der Waals surface area contributed by atoms with E-state index in [1.165, 1.54) is 12.1 Å². The number of halogens is 1. The van der Waals surface area contributed by atoms with E-state index >= 15 is 0 Å². The number of nitrogen functional groups attached to an aromatic ring is 1. The molecule has 5 nitrogen and oxygen atoms in total. The quantitative estimate of drug-likeness (QED) is 0.777. The Morgan fingerprint density at radius 1 is 1.27 bits per heavy atom. The average Bonchev–Trinajstić information content (AvgIpc) is 3.20. The predicted octanol–water partition coefficient (Wildman–Crippen LogP) is 2.21. The maximum absolute atomic E-state index is 13.0. The minimum atomic E-state index is -0.220. The van der Waals surface area contributed by atoms with Crippen LogP contribution < -0.4 is 5.73 Å². The van der Waals surface area contributed by atoms with Gasteiger partial charge >= 0.3 is 0 Å². The SMILES string of the molecule is Nc1c(CO)cnc2cc(C3CC3c3ccc(F)cc3)nn12. The number of aliphatic hydroxyl groups is 1. The molecule has 1 aliphatic carbocycles. The molecule has 2 heterocycles. The van der Waals surface area contributed by atoms with Crippen LogP contribution in [0.1, 0.15) is 35.1 Å². The van der Waals surface area contributed by atoms with Crippen LogP contribution >= 0.6 is 0 Å². The zero-order chi connectivity index (χ0) is 15.3. The zero-order valence-electron chi connectivity index (χ0n) is 11.8. The molecule has 0 saturated heterocycles. The molecule has 22 heavy (non-hydrogen) atoms. The van der Waals surface area contributed by atoms with Gasteiger partial charge in [0.1, 0.15) is 11.6 Å². The molecule has 2 unspecified atom stereocenters. The zero-order valence-corrected chi connectivity index (χ0v) is 11.8. The number of nitrogens with two attached hydrogens (primary N) is 1. The van der Waals surface area contributed by atoms with Crippen LogP contribution in [0.3, 0.4) is 0 Å². The lowest BCUT2D eigenvalue weighted by Gasteiger charge is -2.03. The van der Waals surface area contributed by atoms with E-state index in [0.717, 1.165) is 17.7 Å². The van der Waals surface area contributed by atoms with Crippen molar-refractivity contribution in [1.29, 1.82) is 0 Å². The molecule has 4 rings (SSSR count). The van der Waals surface area contributed by atoms with Crippen molar-refractivity contribution in [3.05, 3.63) is 59.2 Å². The minimum absolute atomic E-state index is 0.161. The fourth-order valence-electron chi connectivity index (χ4n) is 2.91. The van der Waals surface area contributed by atoms with Crippen molar-refractivity contribution < 1.29 is 9.50 Å². The van der Waals surface area contributed by atoms with Crippen molar-refractivity contribution in [2.75, 3.05) is 5.73 Å².